The van der Waals surface area contributed by atoms with Crippen molar-refractivity contribution >= 4 is 11.6 Å². The first-order valence-corrected chi connectivity index (χ1v) is 7.94. The zero-order valence-electron chi connectivity index (χ0n) is 13.8. The highest BCUT2D eigenvalue weighted by Gasteiger charge is 2.46. The van der Waals surface area contributed by atoms with Crippen LogP contribution in [0.25, 0.3) is 0 Å². The van der Waals surface area contributed by atoms with E-state index in [1.807, 2.05) is 13.8 Å². The molecule has 2 aliphatic carbocycles. The first-order valence-electron chi connectivity index (χ1n) is 7.94. The maximum Gasteiger partial charge on any atom is 0.163 e. The van der Waals surface area contributed by atoms with Gasteiger partial charge in [0.25, 0.3) is 0 Å². The molecule has 1 N–H and O–H groups in total. The van der Waals surface area contributed by atoms with Crippen LogP contribution in [0.4, 0.5) is 0 Å². The Morgan fingerprint density at radius 3 is 2.05 bits per heavy atom. The Hall–Kier alpha value is -1.58. The Balaban J connectivity index is 1.99. The molecule has 0 radical (unpaired) electrons. The summed E-state index contributed by atoms with van der Waals surface area (Å²) in [5.74, 6) is 0.507. The molecule has 3 rings (SSSR count). The molecule has 1 unspecified atom stereocenters. The van der Waals surface area contributed by atoms with Crippen LogP contribution in [-0.2, 0) is 14.3 Å². The van der Waals surface area contributed by atoms with Crippen molar-refractivity contribution in [1.29, 1.82) is 0 Å². The first-order chi connectivity index (χ1) is 10.1. The normalized spacial score (nSPS) is 30.5. The molecule has 1 aliphatic heterocycles. The maximum absolute atomic E-state index is 12.5. The van der Waals surface area contributed by atoms with E-state index in [-0.39, 0.29) is 34.1 Å². The van der Waals surface area contributed by atoms with E-state index in [1.54, 1.807) is 0 Å². The van der Waals surface area contributed by atoms with E-state index in [9.17, 15) is 14.7 Å². The lowest BCUT2D eigenvalue weighted by molar-refractivity contribution is -0.119. The number of Topliss-reactive ketones (excluding diaryl/α,β-unsaturated/α-hetero) is 2. The molecule has 0 fully saturated rings. The summed E-state index contributed by atoms with van der Waals surface area (Å²) in [6.07, 6.45) is 2.08. The maximum atomic E-state index is 12.5. The van der Waals surface area contributed by atoms with Gasteiger partial charge < -0.3 is 9.84 Å². The summed E-state index contributed by atoms with van der Waals surface area (Å²) in [5.41, 5.74) is 0.728. The van der Waals surface area contributed by atoms with Crippen molar-refractivity contribution in [3.05, 3.63) is 22.7 Å². The van der Waals surface area contributed by atoms with Gasteiger partial charge in [-0.15, -0.1) is 0 Å². The summed E-state index contributed by atoms with van der Waals surface area (Å²) < 4.78 is 5.74. The Kier molecular flexibility index (Phi) is 3.28. The lowest BCUT2D eigenvalue weighted by Crippen LogP contribution is -2.32. The molecule has 0 saturated carbocycles. The summed E-state index contributed by atoms with van der Waals surface area (Å²) in [5, 5.41) is 10.4. The Bertz CT molecular complexity index is 619. The molecule has 1 heterocycles. The van der Waals surface area contributed by atoms with Crippen LogP contribution in [-0.4, -0.2) is 23.3 Å². The average molecular weight is 304 g/mol. The molecule has 0 bridgehead atoms. The number of carbonyl (C=O) groups excluding carboxylic acids is 2. The standard InChI is InChI=1S/C18H24O4/c1-17(2)5-11(19)15(12(20)6-17)10-9-22-14-8-18(3,4)7-13(21)16(10)14/h10,19H,5-9H2,1-4H3. The van der Waals surface area contributed by atoms with Crippen molar-refractivity contribution < 1.29 is 19.4 Å². The topological polar surface area (TPSA) is 63.6 Å². The van der Waals surface area contributed by atoms with Crippen LogP contribution in [0.2, 0.25) is 0 Å². The molecule has 0 spiro atoms. The predicted octanol–water partition coefficient (Wildman–Crippen LogP) is 3.48. The van der Waals surface area contributed by atoms with Gasteiger partial charge in [0.05, 0.1) is 12.5 Å². The molecule has 0 aromatic carbocycles. The monoisotopic (exact) mass is 304 g/mol. The molecule has 0 aromatic heterocycles. The molecule has 0 amide bonds. The molecule has 3 aliphatic rings. The lowest BCUT2D eigenvalue weighted by Gasteiger charge is -2.32. The van der Waals surface area contributed by atoms with E-state index >= 15 is 0 Å². The number of aliphatic hydroxyl groups is 1. The predicted molar refractivity (Wildman–Crippen MR) is 82.2 cm³/mol. The molecule has 0 aromatic rings. The molecule has 120 valence electrons. The van der Waals surface area contributed by atoms with Crippen molar-refractivity contribution in [2.45, 2.75) is 53.4 Å². The van der Waals surface area contributed by atoms with E-state index in [0.717, 1.165) is 12.2 Å². The van der Waals surface area contributed by atoms with E-state index in [1.165, 1.54) is 0 Å². The average Bonchev–Trinajstić information content (AvgIpc) is 2.68. The van der Waals surface area contributed by atoms with Crippen LogP contribution in [0.3, 0.4) is 0 Å². The molecule has 22 heavy (non-hydrogen) atoms. The van der Waals surface area contributed by atoms with Gasteiger partial charge in [-0.1, -0.05) is 27.7 Å². The zero-order chi connectivity index (χ0) is 16.3. The highest BCUT2D eigenvalue weighted by molar-refractivity contribution is 6.04. The third-order valence-corrected chi connectivity index (χ3v) is 4.90. The van der Waals surface area contributed by atoms with Crippen LogP contribution in [0.5, 0.6) is 0 Å². The molecule has 0 saturated heterocycles. The molecular formula is C18H24O4. The van der Waals surface area contributed by atoms with Gasteiger partial charge in [0.1, 0.15) is 11.5 Å². The number of aliphatic hydroxyl groups excluding tert-OH is 1. The SMILES string of the molecule is CC1(C)CC(=O)C(C2COC3=C2C(=O)CC(C)(C)C3)=C(O)C1. The van der Waals surface area contributed by atoms with Gasteiger partial charge >= 0.3 is 0 Å². The van der Waals surface area contributed by atoms with Gasteiger partial charge in [0, 0.05) is 36.8 Å². The number of rotatable bonds is 1. The van der Waals surface area contributed by atoms with E-state index in [4.69, 9.17) is 4.74 Å². The minimum Gasteiger partial charge on any atom is -0.512 e. The van der Waals surface area contributed by atoms with Crippen LogP contribution >= 0.6 is 0 Å². The first kappa shape index (κ1) is 15.3. The molecule has 4 heteroatoms. The number of ether oxygens (including phenoxy) is 1. The summed E-state index contributed by atoms with van der Waals surface area (Å²) >= 11 is 0. The Morgan fingerprint density at radius 2 is 1.45 bits per heavy atom. The minimum atomic E-state index is -0.373. The van der Waals surface area contributed by atoms with Crippen LogP contribution < -0.4 is 0 Å². The second-order valence-electron chi connectivity index (χ2n) is 8.44. The van der Waals surface area contributed by atoms with Crippen molar-refractivity contribution in [1.82, 2.24) is 0 Å². The summed E-state index contributed by atoms with van der Waals surface area (Å²) in [7, 11) is 0. The van der Waals surface area contributed by atoms with Gasteiger partial charge in [0.15, 0.2) is 11.6 Å². The third-order valence-electron chi connectivity index (χ3n) is 4.90. The second kappa shape index (κ2) is 4.71. The fraction of sp³-hybridized carbons (Fsp3) is 0.667. The number of hydrogen-bond acceptors (Lipinski definition) is 4. The van der Waals surface area contributed by atoms with Crippen molar-refractivity contribution in [3.8, 4) is 0 Å². The van der Waals surface area contributed by atoms with E-state index in [2.05, 4.69) is 13.8 Å². The van der Waals surface area contributed by atoms with Crippen LogP contribution in [0.15, 0.2) is 22.7 Å². The van der Waals surface area contributed by atoms with Crippen LogP contribution in [0.1, 0.15) is 53.4 Å². The van der Waals surface area contributed by atoms with Crippen molar-refractivity contribution in [3.63, 3.8) is 0 Å². The second-order valence-corrected chi connectivity index (χ2v) is 8.44. The van der Waals surface area contributed by atoms with E-state index < -0.39 is 0 Å². The minimum absolute atomic E-state index is 0.0475. The summed E-state index contributed by atoms with van der Waals surface area (Å²) in [4.78, 5) is 25.0. The van der Waals surface area contributed by atoms with E-state index in [0.29, 0.717) is 37.0 Å². The quantitative estimate of drug-likeness (QED) is 0.805. The van der Waals surface area contributed by atoms with Crippen molar-refractivity contribution in [2.24, 2.45) is 16.7 Å². The number of carbonyl (C=O) groups is 2. The largest absolute Gasteiger partial charge is 0.512 e. The van der Waals surface area contributed by atoms with Crippen LogP contribution in [0, 0.1) is 16.7 Å². The number of hydrogen-bond donors (Lipinski definition) is 1. The van der Waals surface area contributed by atoms with Crippen molar-refractivity contribution in [2.75, 3.05) is 6.61 Å². The zero-order valence-corrected chi connectivity index (χ0v) is 13.8. The number of allylic oxidation sites excluding steroid dienone is 2. The lowest BCUT2D eigenvalue weighted by atomic mass is 9.69. The third kappa shape index (κ3) is 2.49. The molecule has 1 atom stereocenters. The fourth-order valence-corrected chi connectivity index (χ4v) is 3.99. The van der Waals surface area contributed by atoms with Gasteiger partial charge in [-0.3, -0.25) is 9.59 Å². The van der Waals surface area contributed by atoms with Gasteiger partial charge in [-0.05, 0) is 10.8 Å². The highest BCUT2D eigenvalue weighted by Crippen LogP contribution is 2.47. The molecule has 4 nitrogen and oxygen atoms in total. The fourth-order valence-electron chi connectivity index (χ4n) is 3.99. The summed E-state index contributed by atoms with van der Waals surface area (Å²) in [6.45, 7) is 8.36. The Labute approximate surface area is 131 Å². The number of ketones is 2. The van der Waals surface area contributed by atoms with Gasteiger partial charge in [0.2, 0.25) is 0 Å². The highest BCUT2D eigenvalue weighted by atomic mass is 16.5. The Morgan fingerprint density at radius 1 is 0.909 bits per heavy atom. The van der Waals surface area contributed by atoms with Gasteiger partial charge in [-0.25, -0.2) is 0 Å². The smallest absolute Gasteiger partial charge is 0.163 e. The van der Waals surface area contributed by atoms with Gasteiger partial charge in [-0.2, -0.15) is 0 Å². The summed E-state index contributed by atoms with van der Waals surface area (Å²) in [6, 6.07) is 0. The molecular weight excluding hydrogens is 280 g/mol.